The molecule has 4 aromatic rings. The van der Waals surface area contributed by atoms with Crippen molar-refractivity contribution in [3.8, 4) is 0 Å². The van der Waals surface area contributed by atoms with Gasteiger partial charge in [-0.3, -0.25) is 18.8 Å². The minimum atomic E-state index is 0. The fourth-order valence-electron chi connectivity index (χ4n) is 9.78. The zero-order valence-electron chi connectivity index (χ0n) is 33.3. The predicted octanol–water partition coefficient (Wildman–Crippen LogP) is 4.34. The summed E-state index contributed by atoms with van der Waals surface area (Å²) in [5.41, 5.74) is 12.6. The normalized spacial score (nSPS) is 21.9. The molecule has 0 saturated carbocycles. The van der Waals surface area contributed by atoms with E-state index in [1.54, 1.807) is 0 Å². The van der Waals surface area contributed by atoms with E-state index in [9.17, 15) is 0 Å². The number of piperidine rings is 2. The summed E-state index contributed by atoms with van der Waals surface area (Å²) in [6.07, 6.45) is 24.6. The van der Waals surface area contributed by atoms with Crippen molar-refractivity contribution < 1.29 is 62.3 Å². The summed E-state index contributed by atoms with van der Waals surface area (Å²) in [5, 5.41) is 0. The van der Waals surface area contributed by atoms with Gasteiger partial charge < -0.3 is 20.7 Å². The maximum absolute atomic E-state index is 5.57. The molecular weight excluding hydrogens is 700 g/mol. The standard InChI is InChI=1S/2C21H28N4O.CH4.K.H/c2*1-2-24-9-5-16(6-10-24)19-14-25-20(23-19)13-22-18-4-3-17(21(18)25)15-7-11-26-12-8-15;;;/h2*3,13-16H,2,4-12H2,1H3;1H4;;/q;;;+1;-1. The third-order valence-electron chi connectivity index (χ3n) is 13.0. The molecule has 2 aliphatic carbocycles. The van der Waals surface area contributed by atoms with Crippen LogP contribution in [0.3, 0.4) is 0 Å². The summed E-state index contributed by atoms with van der Waals surface area (Å²) in [5.74, 6) is 2.39. The topological polar surface area (TPSA) is 85.3 Å². The second-order valence-corrected chi connectivity index (χ2v) is 15.8. The molecule has 4 aromatic heterocycles. The van der Waals surface area contributed by atoms with Crippen LogP contribution in [-0.2, 0) is 22.3 Å². The maximum atomic E-state index is 5.57. The zero-order chi connectivity index (χ0) is 35.0. The monoisotopic (exact) mass is 760 g/mol. The molecular formula is C43H61KN8O2. The van der Waals surface area contributed by atoms with Crippen molar-refractivity contribution in [2.45, 2.75) is 97.3 Å². The van der Waals surface area contributed by atoms with Crippen molar-refractivity contribution in [1.29, 1.82) is 0 Å². The van der Waals surface area contributed by atoms with E-state index in [0.717, 1.165) is 89.3 Å². The number of fused-ring (bicyclic) bond motifs is 6. The smallest absolute Gasteiger partial charge is 1.00 e. The van der Waals surface area contributed by atoms with Crippen LogP contribution >= 0.6 is 0 Å². The molecule has 286 valence electrons. The van der Waals surface area contributed by atoms with Crippen LogP contribution in [0.5, 0.6) is 0 Å². The molecule has 0 spiro atoms. The van der Waals surface area contributed by atoms with Crippen LogP contribution in [0.15, 0.2) is 36.9 Å². The minimum absolute atomic E-state index is 0. The molecule has 0 aromatic carbocycles. The molecule has 0 N–H and O–H groups in total. The summed E-state index contributed by atoms with van der Waals surface area (Å²) < 4.78 is 15.8. The van der Waals surface area contributed by atoms with Gasteiger partial charge in [0, 0.05) is 63.5 Å². The second kappa shape index (κ2) is 18.2. The number of rotatable bonds is 6. The van der Waals surface area contributed by atoms with Gasteiger partial charge in [0.15, 0.2) is 11.3 Å². The molecule has 6 aliphatic rings. The van der Waals surface area contributed by atoms with Crippen molar-refractivity contribution in [1.82, 2.24) is 38.5 Å². The molecule has 0 amide bonds. The molecule has 10 rings (SSSR count). The quantitative estimate of drug-likeness (QED) is 0.269. The van der Waals surface area contributed by atoms with Crippen molar-refractivity contribution in [3.05, 3.63) is 71.1 Å². The van der Waals surface area contributed by atoms with Crippen LogP contribution in [0.4, 0.5) is 0 Å². The van der Waals surface area contributed by atoms with E-state index in [-0.39, 0.29) is 60.2 Å². The van der Waals surface area contributed by atoms with Crippen LogP contribution in [0, 0.1) is 11.8 Å². The summed E-state index contributed by atoms with van der Waals surface area (Å²) >= 11 is 0. The number of likely N-dealkylation sites (tertiary alicyclic amines) is 2. The molecule has 4 saturated heterocycles. The van der Waals surface area contributed by atoms with E-state index in [1.807, 2.05) is 12.4 Å². The van der Waals surface area contributed by atoms with Gasteiger partial charge in [0.05, 0.1) is 46.6 Å². The number of aromatic nitrogens is 6. The Kier molecular flexibility index (Phi) is 13.6. The molecule has 4 fully saturated rings. The van der Waals surface area contributed by atoms with Crippen molar-refractivity contribution in [2.75, 3.05) is 65.7 Å². The SMILES string of the molecule is C.CCN1CCC(c2cn3c4c(ncc3n2)CC=C4C2CCOCC2)CC1.CCN1CCC(c2cn3c4c(ncc3n2)CC=C4C2CCOCC2)CC1.[H-].[K+]. The van der Waals surface area contributed by atoms with E-state index in [2.05, 4.69) is 57.0 Å². The van der Waals surface area contributed by atoms with Crippen molar-refractivity contribution in [3.63, 3.8) is 0 Å². The number of hydrogen-bond acceptors (Lipinski definition) is 8. The summed E-state index contributed by atoms with van der Waals surface area (Å²) in [6, 6.07) is 0. The third kappa shape index (κ3) is 8.14. The maximum Gasteiger partial charge on any atom is 1.00 e. The minimum Gasteiger partial charge on any atom is -1.00 e. The Labute approximate surface area is 366 Å². The van der Waals surface area contributed by atoms with Gasteiger partial charge in [-0.15, -0.1) is 0 Å². The molecule has 0 bridgehead atoms. The van der Waals surface area contributed by atoms with Crippen LogP contribution in [0.2, 0.25) is 0 Å². The number of allylic oxidation sites excluding steroid dienone is 4. The van der Waals surface area contributed by atoms with Gasteiger partial charge in [-0.05, 0) is 114 Å². The van der Waals surface area contributed by atoms with Crippen LogP contribution in [0.1, 0.15) is 120 Å². The first kappa shape index (κ1) is 40.4. The van der Waals surface area contributed by atoms with Crippen LogP contribution in [-0.4, -0.2) is 104 Å². The Morgan fingerprint density at radius 2 is 0.981 bits per heavy atom. The first-order chi connectivity index (χ1) is 25.7. The van der Waals surface area contributed by atoms with E-state index in [1.165, 1.54) is 97.2 Å². The van der Waals surface area contributed by atoms with Crippen molar-refractivity contribution >= 4 is 22.4 Å². The summed E-state index contributed by atoms with van der Waals surface area (Å²) in [6.45, 7) is 15.1. The van der Waals surface area contributed by atoms with E-state index >= 15 is 0 Å². The van der Waals surface area contributed by atoms with Gasteiger partial charge in [-0.25, -0.2) is 9.97 Å². The second-order valence-electron chi connectivity index (χ2n) is 15.8. The Bertz CT molecular complexity index is 1810. The molecule has 0 radical (unpaired) electrons. The Hall–Kier alpha value is -1.80. The van der Waals surface area contributed by atoms with E-state index < -0.39 is 0 Å². The average Bonchev–Trinajstić information content (AvgIpc) is 4.03. The number of ether oxygens (including phenoxy) is 2. The fraction of sp³-hybridized carbons (Fsp3) is 0.628. The Balaban J connectivity index is 0.000000177. The number of nitrogens with zero attached hydrogens (tertiary/aromatic N) is 8. The molecule has 0 atom stereocenters. The molecule has 54 heavy (non-hydrogen) atoms. The average molecular weight is 761 g/mol. The molecule has 11 heteroatoms. The first-order valence-electron chi connectivity index (χ1n) is 20.4. The number of imidazole rings is 2. The zero-order valence-corrected chi connectivity index (χ0v) is 35.4. The Morgan fingerprint density at radius 3 is 1.35 bits per heavy atom. The van der Waals surface area contributed by atoms with Gasteiger partial charge >= 0.3 is 51.4 Å². The number of hydrogen-bond donors (Lipinski definition) is 0. The molecule has 4 aliphatic heterocycles. The van der Waals surface area contributed by atoms with Gasteiger partial charge in [0.2, 0.25) is 0 Å². The largest absolute Gasteiger partial charge is 1.00 e. The van der Waals surface area contributed by atoms with E-state index in [0.29, 0.717) is 23.7 Å². The van der Waals surface area contributed by atoms with E-state index in [4.69, 9.17) is 29.4 Å². The van der Waals surface area contributed by atoms with Gasteiger partial charge in [-0.1, -0.05) is 33.4 Å². The fourth-order valence-corrected chi connectivity index (χ4v) is 9.78. The Morgan fingerprint density at radius 1 is 0.593 bits per heavy atom. The summed E-state index contributed by atoms with van der Waals surface area (Å²) in [4.78, 5) is 24.5. The van der Waals surface area contributed by atoms with Crippen molar-refractivity contribution in [2.24, 2.45) is 11.8 Å². The molecule has 0 unspecified atom stereocenters. The van der Waals surface area contributed by atoms with Crippen LogP contribution in [0.25, 0.3) is 22.4 Å². The predicted molar refractivity (Wildman–Crippen MR) is 212 cm³/mol. The van der Waals surface area contributed by atoms with Crippen LogP contribution < -0.4 is 51.4 Å². The molecule has 10 nitrogen and oxygen atoms in total. The summed E-state index contributed by atoms with van der Waals surface area (Å²) in [7, 11) is 0. The van der Waals surface area contributed by atoms with Gasteiger partial charge in [0.25, 0.3) is 0 Å². The van der Waals surface area contributed by atoms with Gasteiger partial charge in [-0.2, -0.15) is 0 Å². The molecule has 8 heterocycles. The first-order valence-corrected chi connectivity index (χ1v) is 20.4. The third-order valence-corrected chi connectivity index (χ3v) is 13.0. The van der Waals surface area contributed by atoms with Gasteiger partial charge in [0.1, 0.15) is 0 Å².